The van der Waals surface area contributed by atoms with Crippen LogP contribution in [0.25, 0.3) is 20.9 Å². The number of hydrogen-bond donors (Lipinski definition) is 2. The number of ether oxygens (including phenoxy) is 2. The lowest BCUT2D eigenvalue weighted by atomic mass is 10.2. The molecule has 0 aliphatic carbocycles. The molecule has 2 aromatic rings. The fraction of sp³-hybridized carbons (Fsp3) is 0.111. The summed E-state index contributed by atoms with van der Waals surface area (Å²) in [5, 5.41) is 24.1. The molecule has 31 heavy (non-hydrogen) atoms. The van der Waals surface area contributed by atoms with Gasteiger partial charge in [0.2, 0.25) is 0 Å². The van der Waals surface area contributed by atoms with Gasteiger partial charge < -0.3 is 14.6 Å². The van der Waals surface area contributed by atoms with E-state index in [1.165, 1.54) is 48.5 Å². The number of aliphatic hydroxyl groups is 1. The molecule has 2 N–H and O–H groups in total. The highest BCUT2D eigenvalue weighted by Crippen LogP contribution is 2.21. The van der Waals surface area contributed by atoms with Crippen molar-refractivity contribution in [3.63, 3.8) is 0 Å². The number of carbonyl (C=O) groups is 3. The standard InChI is InChI=1S/C18H13N7O6/c19-15(30-16(27)10-5-1-3-7-12(10)22-24-20)9-14(26)18(29)31-17(28)11-6-2-4-8-13(11)23-25-21/h1-8,14,19,26H,9H2. The lowest BCUT2D eigenvalue weighted by Crippen LogP contribution is -2.29. The highest BCUT2D eigenvalue weighted by molar-refractivity contribution is 6.03. The molecular formula is C18H13N7O6. The Balaban J connectivity index is 1.99. The first-order chi connectivity index (χ1) is 14.9. The molecule has 0 amide bonds. The lowest BCUT2D eigenvalue weighted by Gasteiger charge is -2.11. The van der Waals surface area contributed by atoms with Crippen LogP contribution in [0.2, 0.25) is 0 Å². The first-order valence-corrected chi connectivity index (χ1v) is 8.39. The van der Waals surface area contributed by atoms with Gasteiger partial charge in [-0.05, 0) is 23.2 Å². The zero-order chi connectivity index (χ0) is 22.8. The fourth-order valence-corrected chi connectivity index (χ4v) is 2.25. The van der Waals surface area contributed by atoms with Gasteiger partial charge in [0.1, 0.15) is 0 Å². The third kappa shape index (κ3) is 6.14. The van der Waals surface area contributed by atoms with Crippen molar-refractivity contribution in [2.75, 3.05) is 0 Å². The number of nitrogens with zero attached hydrogens (tertiary/aromatic N) is 6. The van der Waals surface area contributed by atoms with Crippen LogP contribution in [0.4, 0.5) is 11.4 Å². The zero-order valence-corrected chi connectivity index (χ0v) is 15.6. The van der Waals surface area contributed by atoms with Gasteiger partial charge in [0.15, 0.2) is 12.0 Å². The van der Waals surface area contributed by atoms with Crippen LogP contribution in [0.1, 0.15) is 27.1 Å². The van der Waals surface area contributed by atoms with Gasteiger partial charge in [-0.3, -0.25) is 5.41 Å². The van der Waals surface area contributed by atoms with Gasteiger partial charge in [-0.25, -0.2) is 14.4 Å². The second kappa shape index (κ2) is 10.7. The van der Waals surface area contributed by atoms with Crippen molar-refractivity contribution in [3.05, 3.63) is 80.5 Å². The van der Waals surface area contributed by atoms with E-state index < -0.39 is 36.3 Å². The summed E-state index contributed by atoms with van der Waals surface area (Å²) >= 11 is 0. The topological polar surface area (TPSA) is 211 Å². The maximum absolute atomic E-state index is 12.1. The van der Waals surface area contributed by atoms with Gasteiger partial charge in [0.25, 0.3) is 0 Å². The zero-order valence-electron chi connectivity index (χ0n) is 15.6. The van der Waals surface area contributed by atoms with Crippen LogP contribution in [0.5, 0.6) is 0 Å². The SMILES string of the molecule is [N-]=[N+]=Nc1ccccc1C(=O)OC(=N)CC(O)C(=O)OC(=O)c1ccccc1N=[N+]=[N-]. The molecular weight excluding hydrogens is 410 g/mol. The van der Waals surface area contributed by atoms with Crippen LogP contribution in [0, 0.1) is 5.41 Å². The summed E-state index contributed by atoms with van der Waals surface area (Å²) in [5.74, 6) is -4.44. The first-order valence-electron chi connectivity index (χ1n) is 8.39. The third-order valence-corrected chi connectivity index (χ3v) is 3.61. The lowest BCUT2D eigenvalue weighted by molar-refractivity contribution is -0.147. The van der Waals surface area contributed by atoms with Crippen LogP contribution >= 0.6 is 0 Å². The van der Waals surface area contributed by atoms with Crippen LogP contribution < -0.4 is 0 Å². The van der Waals surface area contributed by atoms with E-state index in [-0.39, 0.29) is 22.5 Å². The summed E-state index contributed by atoms with van der Waals surface area (Å²) in [5.41, 5.74) is 16.6. The van der Waals surface area contributed by atoms with Gasteiger partial charge in [-0.15, -0.1) is 0 Å². The number of carbonyl (C=O) groups excluding carboxylic acids is 3. The molecule has 1 atom stereocenters. The van der Waals surface area contributed by atoms with E-state index in [9.17, 15) is 19.5 Å². The summed E-state index contributed by atoms with van der Waals surface area (Å²) in [4.78, 5) is 41.3. The van der Waals surface area contributed by atoms with Crippen molar-refractivity contribution in [2.24, 2.45) is 10.2 Å². The molecule has 0 heterocycles. The van der Waals surface area contributed by atoms with Crippen molar-refractivity contribution in [1.29, 1.82) is 5.41 Å². The van der Waals surface area contributed by atoms with Crippen LogP contribution in [0.3, 0.4) is 0 Å². The van der Waals surface area contributed by atoms with E-state index in [1.807, 2.05) is 0 Å². The van der Waals surface area contributed by atoms with Crippen molar-refractivity contribution in [2.45, 2.75) is 12.5 Å². The average Bonchev–Trinajstić information content (AvgIpc) is 2.74. The number of nitrogens with one attached hydrogen (secondary N) is 1. The van der Waals surface area contributed by atoms with Gasteiger partial charge in [-0.1, -0.05) is 46.6 Å². The molecule has 0 saturated heterocycles. The molecule has 13 heteroatoms. The largest absolute Gasteiger partial charge is 0.408 e. The molecule has 0 saturated carbocycles. The van der Waals surface area contributed by atoms with Crippen molar-refractivity contribution >= 4 is 35.2 Å². The molecule has 2 aromatic carbocycles. The van der Waals surface area contributed by atoms with E-state index in [2.05, 4.69) is 24.8 Å². The smallest absolute Gasteiger partial charge is 0.346 e. The summed E-state index contributed by atoms with van der Waals surface area (Å²) in [6, 6.07) is 11.1. The fourth-order valence-electron chi connectivity index (χ4n) is 2.25. The molecule has 0 spiro atoms. The summed E-state index contributed by atoms with van der Waals surface area (Å²) in [6.07, 6.45) is -2.78. The Kier molecular flexibility index (Phi) is 7.82. The monoisotopic (exact) mass is 423 g/mol. The molecule has 0 radical (unpaired) electrons. The number of aliphatic hydroxyl groups excluding tert-OH is 1. The molecule has 156 valence electrons. The van der Waals surface area contributed by atoms with Gasteiger partial charge in [0, 0.05) is 9.82 Å². The summed E-state index contributed by atoms with van der Waals surface area (Å²) in [7, 11) is 0. The normalized spacial score (nSPS) is 10.6. The number of esters is 3. The molecule has 1 unspecified atom stereocenters. The minimum absolute atomic E-state index is 0.0351. The van der Waals surface area contributed by atoms with E-state index >= 15 is 0 Å². The van der Waals surface area contributed by atoms with E-state index in [4.69, 9.17) is 21.2 Å². The molecule has 0 aromatic heterocycles. The second-order valence-corrected chi connectivity index (χ2v) is 5.65. The predicted octanol–water partition coefficient (Wildman–Crippen LogP) is 3.84. The molecule has 0 aliphatic rings. The Labute approximate surface area is 173 Å². The molecule has 0 bridgehead atoms. The minimum atomic E-state index is -2.00. The number of benzene rings is 2. The second-order valence-electron chi connectivity index (χ2n) is 5.65. The Bertz CT molecular complexity index is 1140. The molecule has 0 aliphatic heterocycles. The Morgan fingerprint density at radius 1 is 0.903 bits per heavy atom. The average molecular weight is 423 g/mol. The predicted molar refractivity (Wildman–Crippen MR) is 105 cm³/mol. The van der Waals surface area contributed by atoms with Crippen LogP contribution in [0.15, 0.2) is 58.8 Å². The maximum Gasteiger partial charge on any atom is 0.346 e. The van der Waals surface area contributed by atoms with Crippen molar-refractivity contribution in [1.82, 2.24) is 0 Å². The Morgan fingerprint density at radius 3 is 1.84 bits per heavy atom. The number of hydrogen-bond acceptors (Lipinski definition) is 9. The van der Waals surface area contributed by atoms with Crippen molar-refractivity contribution < 1.29 is 29.0 Å². The number of azide groups is 2. The van der Waals surface area contributed by atoms with Crippen molar-refractivity contribution in [3.8, 4) is 0 Å². The van der Waals surface area contributed by atoms with Crippen LogP contribution in [-0.4, -0.2) is 35.0 Å². The minimum Gasteiger partial charge on any atom is -0.408 e. The summed E-state index contributed by atoms with van der Waals surface area (Å²) in [6.45, 7) is 0. The van der Waals surface area contributed by atoms with Gasteiger partial charge in [-0.2, -0.15) is 0 Å². The highest BCUT2D eigenvalue weighted by Gasteiger charge is 2.25. The quantitative estimate of drug-likeness (QED) is 0.128. The van der Waals surface area contributed by atoms with Crippen LogP contribution in [-0.2, 0) is 14.3 Å². The molecule has 2 rings (SSSR count). The van der Waals surface area contributed by atoms with E-state index in [0.29, 0.717) is 0 Å². The third-order valence-electron chi connectivity index (χ3n) is 3.61. The Hall–Kier alpha value is -4.70. The summed E-state index contributed by atoms with van der Waals surface area (Å²) < 4.78 is 9.26. The van der Waals surface area contributed by atoms with Gasteiger partial charge in [0.05, 0.1) is 28.9 Å². The Morgan fingerprint density at radius 2 is 1.35 bits per heavy atom. The van der Waals surface area contributed by atoms with Gasteiger partial charge >= 0.3 is 17.9 Å². The van der Waals surface area contributed by atoms with E-state index in [0.717, 1.165) is 0 Å². The number of rotatable bonds is 7. The highest BCUT2D eigenvalue weighted by atomic mass is 16.6. The molecule has 0 fully saturated rings. The maximum atomic E-state index is 12.1. The molecule has 13 nitrogen and oxygen atoms in total. The first kappa shape index (κ1) is 22.6. The van der Waals surface area contributed by atoms with E-state index in [1.54, 1.807) is 0 Å².